The van der Waals surface area contributed by atoms with Crippen molar-refractivity contribution < 1.29 is 0 Å². The predicted octanol–water partition coefficient (Wildman–Crippen LogP) is 3.22. The topological polar surface area (TPSA) is 0 Å². The summed E-state index contributed by atoms with van der Waals surface area (Å²) in [7, 11) is 0. The quantitative estimate of drug-likeness (QED) is 0.555. The van der Waals surface area contributed by atoms with Gasteiger partial charge in [0.2, 0.25) is 0 Å². The molecular weight excluding hydrogens is 144 g/mol. The molecule has 0 amide bonds. The molecule has 3 unspecified atom stereocenters. The molecule has 0 aliphatic heterocycles. The zero-order chi connectivity index (χ0) is 7.97. The Labute approximate surface area is 74.7 Å². The van der Waals surface area contributed by atoms with Crippen molar-refractivity contribution in [2.45, 2.75) is 45.4 Å². The van der Waals surface area contributed by atoms with E-state index in [1.807, 2.05) is 0 Å². The average molecular weight is 162 g/mol. The van der Waals surface area contributed by atoms with Gasteiger partial charge in [0, 0.05) is 0 Å². The van der Waals surface area contributed by atoms with Crippen LogP contribution in [0, 0.1) is 28.6 Å². The van der Waals surface area contributed by atoms with Gasteiger partial charge in [-0.25, -0.2) is 0 Å². The Morgan fingerprint density at radius 3 is 2.17 bits per heavy atom. The molecule has 0 N–H and O–H groups in total. The Hall–Kier alpha value is 0. The molecule has 0 radical (unpaired) electrons. The third kappa shape index (κ3) is 0.400. The highest BCUT2D eigenvalue weighted by Gasteiger charge is 2.76. The van der Waals surface area contributed by atoms with Crippen molar-refractivity contribution in [2.24, 2.45) is 28.6 Å². The van der Waals surface area contributed by atoms with Crippen LogP contribution in [0.15, 0.2) is 0 Å². The van der Waals surface area contributed by atoms with E-state index in [0.29, 0.717) is 0 Å². The van der Waals surface area contributed by atoms with Crippen LogP contribution in [0.3, 0.4) is 0 Å². The molecule has 12 heavy (non-hydrogen) atoms. The number of hydrogen-bond acceptors (Lipinski definition) is 0. The summed E-state index contributed by atoms with van der Waals surface area (Å²) in [6.07, 6.45) is 9.62. The third-order valence-electron chi connectivity index (χ3n) is 6.21. The largest absolute Gasteiger partial charge is 0.0649 e. The fourth-order valence-electron chi connectivity index (χ4n) is 5.66. The first-order valence-corrected chi connectivity index (χ1v) is 5.79. The molecule has 0 aromatic heterocycles. The van der Waals surface area contributed by atoms with Gasteiger partial charge in [-0.2, -0.15) is 0 Å². The normalized spacial score (nSPS) is 70.2. The summed E-state index contributed by atoms with van der Waals surface area (Å²) in [5.41, 5.74) is 1.83. The van der Waals surface area contributed by atoms with Gasteiger partial charge in [0.1, 0.15) is 0 Å². The zero-order valence-electron chi connectivity index (χ0n) is 7.97. The van der Waals surface area contributed by atoms with Gasteiger partial charge in [-0.15, -0.1) is 0 Å². The van der Waals surface area contributed by atoms with E-state index in [9.17, 15) is 0 Å². The molecule has 4 rings (SSSR count). The van der Waals surface area contributed by atoms with Crippen LogP contribution in [0.1, 0.15) is 45.4 Å². The third-order valence-corrected chi connectivity index (χ3v) is 6.21. The molecule has 0 aromatic rings. The van der Waals surface area contributed by atoms with E-state index in [1.165, 1.54) is 24.2 Å². The number of fused-ring (bicyclic) bond motifs is 1. The molecule has 0 heterocycles. The predicted molar refractivity (Wildman–Crippen MR) is 48.7 cm³/mol. The van der Waals surface area contributed by atoms with Crippen molar-refractivity contribution in [3.63, 3.8) is 0 Å². The summed E-state index contributed by atoms with van der Waals surface area (Å²) >= 11 is 0. The van der Waals surface area contributed by atoms with Crippen molar-refractivity contribution in [2.75, 3.05) is 0 Å². The SMILES string of the molecule is CCC12C[C@H]3CC4C[C@@H](C1)C43C2. The van der Waals surface area contributed by atoms with Gasteiger partial charge in [0.05, 0.1) is 0 Å². The lowest BCUT2D eigenvalue weighted by Gasteiger charge is -2.66. The van der Waals surface area contributed by atoms with Crippen LogP contribution >= 0.6 is 0 Å². The summed E-state index contributed by atoms with van der Waals surface area (Å²) in [4.78, 5) is 0. The van der Waals surface area contributed by atoms with Gasteiger partial charge >= 0.3 is 0 Å². The number of hydrogen-bond donors (Lipinski definition) is 0. The molecule has 2 bridgehead atoms. The highest BCUT2D eigenvalue weighted by atomic mass is 14.8. The summed E-state index contributed by atoms with van der Waals surface area (Å²) < 4.78 is 0. The lowest BCUT2D eigenvalue weighted by molar-refractivity contribution is -0.177. The first-order valence-electron chi connectivity index (χ1n) is 5.79. The van der Waals surface area contributed by atoms with Crippen LogP contribution in [-0.4, -0.2) is 0 Å². The second-order valence-electron chi connectivity index (χ2n) is 6.11. The molecule has 66 valence electrons. The molecule has 4 aliphatic rings. The summed E-state index contributed by atoms with van der Waals surface area (Å²) in [6, 6.07) is 0. The monoisotopic (exact) mass is 162 g/mol. The summed E-state index contributed by atoms with van der Waals surface area (Å²) in [5.74, 6) is 3.62. The molecule has 4 fully saturated rings. The maximum Gasteiger partial charge on any atom is -0.0206 e. The van der Waals surface area contributed by atoms with E-state index < -0.39 is 0 Å². The van der Waals surface area contributed by atoms with E-state index in [-0.39, 0.29) is 0 Å². The second kappa shape index (κ2) is 1.51. The van der Waals surface area contributed by atoms with Crippen molar-refractivity contribution in [1.82, 2.24) is 0 Å². The van der Waals surface area contributed by atoms with Crippen molar-refractivity contribution in [3.8, 4) is 0 Å². The summed E-state index contributed by atoms with van der Waals surface area (Å²) in [5, 5.41) is 0. The van der Waals surface area contributed by atoms with Gasteiger partial charge in [-0.05, 0) is 60.7 Å². The lowest BCUT2D eigenvalue weighted by Crippen LogP contribution is -2.59. The van der Waals surface area contributed by atoms with Gasteiger partial charge in [0.25, 0.3) is 0 Å². The Kier molecular flexibility index (Phi) is 0.811. The van der Waals surface area contributed by atoms with E-state index in [1.54, 1.807) is 32.1 Å². The molecule has 1 spiro atoms. The fourth-order valence-corrected chi connectivity index (χ4v) is 5.66. The van der Waals surface area contributed by atoms with Crippen LogP contribution < -0.4 is 0 Å². The smallest absolute Gasteiger partial charge is 0.0206 e. The number of rotatable bonds is 1. The maximum atomic E-state index is 2.43. The maximum absolute atomic E-state index is 2.43. The molecule has 5 atom stereocenters. The highest BCUT2D eigenvalue weighted by molar-refractivity contribution is 5.25. The van der Waals surface area contributed by atoms with E-state index >= 15 is 0 Å². The van der Waals surface area contributed by atoms with E-state index in [2.05, 4.69) is 6.92 Å². The Morgan fingerprint density at radius 1 is 1.08 bits per heavy atom. The van der Waals surface area contributed by atoms with Crippen molar-refractivity contribution in [1.29, 1.82) is 0 Å². The molecular formula is C12H18. The first kappa shape index (κ1) is 6.45. The zero-order valence-corrected chi connectivity index (χ0v) is 7.97. The first-order chi connectivity index (χ1) is 5.79. The van der Waals surface area contributed by atoms with Crippen LogP contribution in [0.5, 0.6) is 0 Å². The van der Waals surface area contributed by atoms with Crippen LogP contribution in [0.4, 0.5) is 0 Å². The van der Waals surface area contributed by atoms with Crippen LogP contribution in [0.2, 0.25) is 0 Å². The standard InChI is InChI=1S/C12H18/c1-2-11-5-9-3-8-4-10(6-11)12(8,9)7-11/h8-10H,2-7H2,1H3/t8?,9-,10+,11?,12?. The minimum atomic E-state index is 0.862. The Morgan fingerprint density at radius 2 is 1.75 bits per heavy atom. The minimum absolute atomic E-state index is 0.862. The highest BCUT2D eigenvalue weighted by Crippen LogP contribution is 2.84. The molecule has 4 aliphatic carbocycles. The van der Waals surface area contributed by atoms with Crippen LogP contribution in [0.25, 0.3) is 0 Å². The molecule has 0 heteroatoms. The Balaban J connectivity index is 1.82. The second-order valence-corrected chi connectivity index (χ2v) is 6.11. The molecule has 4 saturated carbocycles. The molecule has 0 aromatic carbocycles. The average Bonchev–Trinajstić information content (AvgIpc) is 2.49. The van der Waals surface area contributed by atoms with Crippen molar-refractivity contribution in [3.05, 3.63) is 0 Å². The van der Waals surface area contributed by atoms with Crippen molar-refractivity contribution >= 4 is 0 Å². The van der Waals surface area contributed by atoms with Gasteiger partial charge in [-0.3, -0.25) is 0 Å². The van der Waals surface area contributed by atoms with Gasteiger partial charge < -0.3 is 0 Å². The van der Waals surface area contributed by atoms with E-state index in [0.717, 1.165) is 10.8 Å². The Bertz CT molecular complexity index is 237. The lowest BCUT2D eigenvalue weighted by atomic mass is 9.38. The molecule has 0 saturated heterocycles. The summed E-state index contributed by atoms with van der Waals surface area (Å²) in [6.45, 7) is 2.43. The van der Waals surface area contributed by atoms with Crippen LogP contribution in [-0.2, 0) is 0 Å². The minimum Gasteiger partial charge on any atom is -0.0649 e. The fraction of sp³-hybridized carbons (Fsp3) is 1.00. The molecule has 0 nitrogen and oxygen atoms in total. The van der Waals surface area contributed by atoms with Gasteiger partial charge in [0.15, 0.2) is 0 Å². The van der Waals surface area contributed by atoms with Gasteiger partial charge in [-0.1, -0.05) is 13.3 Å². The van der Waals surface area contributed by atoms with E-state index in [4.69, 9.17) is 0 Å².